The summed E-state index contributed by atoms with van der Waals surface area (Å²) in [4.78, 5) is 6.74. The summed E-state index contributed by atoms with van der Waals surface area (Å²) in [5, 5.41) is 6.93. The zero-order valence-corrected chi connectivity index (χ0v) is 15.7. The first-order valence-corrected chi connectivity index (χ1v) is 9.89. The van der Waals surface area contributed by atoms with E-state index in [0.29, 0.717) is 6.04 Å². The molecule has 0 amide bonds. The second kappa shape index (κ2) is 9.30. The van der Waals surface area contributed by atoms with E-state index in [1.165, 1.54) is 11.4 Å². The lowest BCUT2D eigenvalue weighted by atomic mass is 10.3. The van der Waals surface area contributed by atoms with E-state index in [1.54, 1.807) is 0 Å². The first kappa shape index (κ1) is 17.5. The minimum atomic E-state index is 0.443. The zero-order valence-electron chi connectivity index (χ0n) is 13.3. The third-order valence-corrected chi connectivity index (χ3v) is 5.13. The quantitative estimate of drug-likeness (QED) is 0.449. The summed E-state index contributed by atoms with van der Waals surface area (Å²) in [5.74, 6) is 2.10. The van der Waals surface area contributed by atoms with Crippen LogP contribution >= 0.6 is 27.7 Å². The summed E-state index contributed by atoms with van der Waals surface area (Å²) >= 11 is 5.52. The van der Waals surface area contributed by atoms with Crippen LogP contribution < -0.4 is 15.5 Å². The Morgan fingerprint density at radius 1 is 1.45 bits per heavy atom. The normalized spacial score (nSPS) is 18.6. The van der Waals surface area contributed by atoms with E-state index in [-0.39, 0.29) is 0 Å². The van der Waals surface area contributed by atoms with Gasteiger partial charge in [-0.05, 0) is 52.9 Å². The molecule has 1 heterocycles. The van der Waals surface area contributed by atoms with E-state index in [0.717, 1.165) is 42.9 Å². The van der Waals surface area contributed by atoms with Crippen molar-refractivity contribution in [3.63, 3.8) is 0 Å². The summed E-state index contributed by atoms with van der Waals surface area (Å²) in [6.45, 7) is 3.05. The number of anilines is 1. The Bertz CT molecular complexity index is 495. The molecule has 122 valence electrons. The number of para-hydroxylation sites is 1. The molecular formula is C16H25BrN4S. The number of rotatable bonds is 6. The van der Waals surface area contributed by atoms with Crippen LogP contribution in [-0.4, -0.2) is 50.7 Å². The Hall–Kier alpha value is -0.880. The van der Waals surface area contributed by atoms with Gasteiger partial charge in [-0.1, -0.05) is 12.1 Å². The van der Waals surface area contributed by atoms with Crippen LogP contribution in [-0.2, 0) is 0 Å². The number of halogens is 1. The van der Waals surface area contributed by atoms with Crippen molar-refractivity contribution in [3.8, 4) is 0 Å². The Labute approximate surface area is 146 Å². The van der Waals surface area contributed by atoms with Crippen molar-refractivity contribution in [1.82, 2.24) is 10.6 Å². The lowest BCUT2D eigenvalue weighted by molar-refractivity contribution is 0.647. The highest BCUT2D eigenvalue weighted by Crippen LogP contribution is 2.28. The molecule has 1 aromatic rings. The predicted octanol–water partition coefficient (Wildman–Crippen LogP) is 2.95. The summed E-state index contributed by atoms with van der Waals surface area (Å²) < 4.78 is 1.16. The highest BCUT2D eigenvalue weighted by atomic mass is 79.9. The number of guanidine groups is 1. The molecule has 1 aliphatic heterocycles. The topological polar surface area (TPSA) is 39.7 Å². The summed E-state index contributed by atoms with van der Waals surface area (Å²) in [7, 11) is 1.84. The Balaban J connectivity index is 1.81. The van der Waals surface area contributed by atoms with Crippen molar-refractivity contribution in [3.05, 3.63) is 28.7 Å². The SMILES string of the molecule is CN=C(NCCCSC)NC1CCN(c2ccccc2Br)C1. The molecule has 2 N–H and O–H groups in total. The lowest BCUT2D eigenvalue weighted by Crippen LogP contribution is -2.45. The van der Waals surface area contributed by atoms with Crippen molar-refractivity contribution >= 4 is 39.3 Å². The van der Waals surface area contributed by atoms with Crippen LogP contribution in [0.15, 0.2) is 33.7 Å². The molecule has 0 radical (unpaired) electrons. The molecule has 1 aromatic carbocycles. The van der Waals surface area contributed by atoms with E-state index in [4.69, 9.17) is 0 Å². The molecule has 2 rings (SSSR count). The van der Waals surface area contributed by atoms with Gasteiger partial charge in [-0.15, -0.1) is 0 Å². The fraction of sp³-hybridized carbons (Fsp3) is 0.562. The second-order valence-electron chi connectivity index (χ2n) is 5.37. The van der Waals surface area contributed by atoms with Gasteiger partial charge < -0.3 is 15.5 Å². The van der Waals surface area contributed by atoms with Gasteiger partial charge in [-0.2, -0.15) is 11.8 Å². The molecule has 1 aliphatic rings. The van der Waals surface area contributed by atoms with Crippen molar-refractivity contribution in [2.24, 2.45) is 4.99 Å². The van der Waals surface area contributed by atoms with E-state index < -0.39 is 0 Å². The summed E-state index contributed by atoms with van der Waals surface area (Å²) in [6.07, 6.45) is 4.43. The molecule has 0 spiro atoms. The summed E-state index contributed by atoms with van der Waals surface area (Å²) in [5.41, 5.74) is 1.27. The molecule has 0 aliphatic carbocycles. The maximum Gasteiger partial charge on any atom is 0.191 e. The lowest BCUT2D eigenvalue weighted by Gasteiger charge is -2.21. The van der Waals surface area contributed by atoms with Crippen molar-refractivity contribution in [2.75, 3.05) is 43.6 Å². The molecule has 1 unspecified atom stereocenters. The minimum absolute atomic E-state index is 0.443. The predicted molar refractivity (Wildman–Crippen MR) is 102 cm³/mol. The molecular weight excluding hydrogens is 360 g/mol. The highest BCUT2D eigenvalue weighted by Gasteiger charge is 2.24. The number of hydrogen-bond donors (Lipinski definition) is 2. The maximum absolute atomic E-state index is 4.32. The number of benzene rings is 1. The van der Waals surface area contributed by atoms with E-state index in [1.807, 2.05) is 18.8 Å². The van der Waals surface area contributed by atoms with E-state index >= 15 is 0 Å². The van der Waals surface area contributed by atoms with Gasteiger partial charge in [0.2, 0.25) is 0 Å². The third kappa shape index (κ3) is 5.09. The van der Waals surface area contributed by atoms with Gasteiger partial charge in [-0.25, -0.2) is 0 Å². The first-order chi connectivity index (χ1) is 10.7. The molecule has 22 heavy (non-hydrogen) atoms. The van der Waals surface area contributed by atoms with Gasteiger partial charge in [-0.3, -0.25) is 4.99 Å². The molecule has 1 fully saturated rings. The number of aliphatic imine (C=N–C) groups is 1. The van der Waals surface area contributed by atoms with Gasteiger partial charge in [0.15, 0.2) is 5.96 Å². The smallest absolute Gasteiger partial charge is 0.191 e. The number of nitrogens with zero attached hydrogens (tertiary/aromatic N) is 2. The molecule has 4 nitrogen and oxygen atoms in total. The maximum atomic E-state index is 4.32. The summed E-state index contributed by atoms with van der Waals surface area (Å²) in [6, 6.07) is 8.86. The number of nitrogens with one attached hydrogen (secondary N) is 2. The Morgan fingerprint density at radius 3 is 3.00 bits per heavy atom. The molecule has 0 bridgehead atoms. The largest absolute Gasteiger partial charge is 0.368 e. The average molecular weight is 385 g/mol. The van der Waals surface area contributed by atoms with Crippen LogP contribution in [0.25, 0.3) is 0 Å². The fourth-order valence-electron chi connectivity index (χ4n) is 2.62. The van der Waals surface area contributed by atoms with Gasteiger partial charge in [0, 0.05) is 37.2 Å². The van der Waals surface area contributed by atoms with Gasteiger partial charge >= 0.3 is 0 Å². The van der Waals surface area contributed by atoms with Crippen LogP contribution in [0.3, 0.4) is 0 Å². The highest BCUT2D eigenvalue weighted by molar-refractivity contribution is 9.10. The third-order valence-electron chi connectivity index (χ3n) is 3.76. The van der Waals surface area contributed by atoms with E-state index in [9.17, 15) is 0 Å². The number of thioether (sulfide) groups is 1. The monoisotopic (exact) mass is 384 g/mol. The Kier molecular flexibility index (Phi) is 7.39. The molecule has 1 atom stereocenters. The van der Waals surface area contributed by atoms with Gasteiger partial charge in [0.05, 0.1) is 5.69 Å². The van der Waals surface area contributed by atoms with Crippen LogP contribution in [0.2, 0.25) is 0 Å². The minimum Gasteiger partial charge on any atom is -0.368 e. The molecule has 1 saturated heterocycles. The first-order valence-electron chi connectivity index (χ1n) is 7.70. The Morgan fingerprint density at radius 2 is 2.27 bits per heavy atom. The van der Waals surface area contributed by atoms with E-state index in [2.05, 4.69) is 67.0 Å². The fourth-order valence-corrected chi connectivity index (χ4v) is 3.58. The number of hydrogen-bond acceptors (Lipinski definition) is 3. The standard InChI is InChI=1S/C16H25BrN4S/c1-18-16(19-9-5-11-22-2)20-13-8-10-21(12-13)15-7-4-3-6-14(15)17/h3-4,6-7,13H,5,8-12H2,1-2H3,(H2,18,19,20). The van der Waals surface area contributed by atoms with Crippen LogP contribution in [0.4, 0.5) is 5.69 Å². The van der Waals surface area contributed by atoms with Crippen molar-refractivity contribution < 1.29 is 0 Å². The van der Waals surface area contributed by atoms with Gasteiger partial charge in [0.25, 0.3) is 0 Å². The molecule has 0 saturated carbocycles. The second-order valence-corrected chi connectivity index (χ2v) is 7.21. The zero-order chi connectivity index (χ0) is 15.8. The van der Waals surface area contributed by atoms with Crippen molar-refractivity contribution in [1.29, 1.82) is 0 Å². The van der Waals surface area contributed by atoms with Crippen LogP contribution in [0.1, 0.15) is 12.8 Å². The average Bonchev–Trinajstić information content (AvgIpc) is 2.99. The van der Waals surface area contributed by atoms with Gasteiger partial charge in [0.1, 0.15) is 0 Å². The molecule has 0 aromatic heterocycles. The van der Waals surface area contributed by atoms with Crippen molar-refractivity contribution in [2.45, 2.75) is 18.9 Å². The van der Waals surface area contributed by atoms with Crippen LogP contribution in [0.5, 0.6) is 0 Å². The van der Waals surface area contributed by atoms with Crippen LogP contribution in [0, 0.1) is 0 Å². The molecule has 6 heteroatoms.